The number of thiophene rings is 1. The first kappa shape index (κ1) is 17.1. The minimum Gasteiger partial charge on any atom is -0.478 e. The average molecular weight is 344 g/mol. The van der Waals surface area contributed by atoms with E-state index < -0.39 is 5.97 Å². The number of fused-ring (bicyclic) bond motifs is 1. The van der Waals surface area contributed by atoms with Crippen molar-refractivity contribution in [3.05, 3.63) is 45.3 Å². The highest BCUT2D eigenvalue weighted by Crippen LogP contribution is 2.45. The molecule has 0 atom stereocenters. The first-order valence-corrected chi connectivity index (χ1v) is 9.04. The third-order valence-electron chi connectivity index (χ3n) is 4.69. The molecule has 1 aromatic carbocycles. The summed E-state index contributed by atoms with van der Waals surface area (Å²) in [6.07, 6.45) is 2.91. The lowest BCUT2D eigenvalue weighted by atomic mass is 9.76. The van der Waals surface area contributed by atoms with Gasteiger partial charge >= 0.3 is 5.97 Å². The summed E-state index contributed by atoms with van der Waals surface area (Å²) < 4.78 is 0. The van der Waals surface area contributed by atoms with E-state index in [1.807, 2.05) is 13.0 Å². The third kappa shape index (κ3) is 3.24. The number of carboxylic acids is 1. The zero-order valence-electron chi connectivity index (χ0n) is 14.4. The number of nitrogens with one attached hydrogen (secondary N) is 1. The Morgan fingerprint density at radius 1 is 1.38 bits per heavy atom. The molecule has 1 heterocycles. The number of hydrazine groups is 1. The van der Waals surface area contributed by atoms with Crippen molar-refractivity contribution >= 4 is 17.3 Å². The molecule has 1 aromatic heterocycles. The van der Waals surface area contributed by atoms with E-state index in [1.54, 1.807) is 11.3 Å². The number of rotatable bonds is 4. The quantitative estimate of drug-likeness (QED) is 0.581. The van der Waals surface area contributed by atoms with Gasteiger partial charge in [0.25, 0.3) is 0 Å². The Labute approximate surface area is 146 Å². The second-order valence-corrected chi connectivity index (χ2v) is 8.55. The standard InChI is InChI=1S/C19H24N2O2S/c1-11-6-12(10-21-20)8-13(7-11)17-16(18(22)23)14-9-19(2,3)5-4-15(14)24-17/h6-8,21H,4-5,9-10,20H2,1-3H3,(H,22,23). The van der Waals surface area contributed by atoms with Crippen molar-refractivity contribution in [1.29, 1.82) is 0 Å². The van der Waals surface area contributed by atoms with Gasteiger partial charge in [0.05, 0.1) is 5.56 Å². The van der Waals surface area contributed by atoms with Gasteiger partial charge in [0.15, 0.2) is 0 Å². The van der Waals surface area contributed by atoms with Gasteiger partial charge < -0.3 is 5.11 Å². The van der Waals surface area contributed by atoms with Gasteiger partial charge in [-0.3, -0.25) is 11.3 Å². The van der Waals surface area contributed by atoms with E-state index in [0.717, 1.165) is 46.4 Å². The number of hydrogen-bond acceptors (Lipinski definition) is 4. The van der Waals surface area contributed by atoms with E-state index in [0.29, 0.717) is 12.1 Å². The van der Waals surface area contributed by atoms with Gasteiger partial charge in [-0.05, 0) is 54.4 Å². The van der Waals surface area contributed by atoms with Crippen molar-refractivity contribution in [2.45, 2.75) is 46.6 Å². The van der Waals surface area contributed by atoms with Crippen molar-refractivity contribution in [2.24, 2.45) is 11.3 Å². The fourth-order valence-electron chi connectivity index (χ4n) is 3.56. The lowest BCUT2D eigenvalue weighted by Gasteiger charge is -2.29. The van der Waals surface area contributed by atoms with Crippen molar-refractivity contribution in [3.63, 3.8) is 0 Å². The summed E-state index contributed by atoms with van der Waals surface area (Å²) in [5.74, 6) is 4.63. The SMILES string of the molecule is Cc1cc(CNN)cc(-c2sc3c(c2C(=O)O)CC(C)(C)CC3)c1. The van der Waals surface area contributed by atoms with Crippen LogP contribution in [0, 0.1) is 12.3 Å². The van der Waals surface area contributed by atoms with E-state index in [-0.39, 0.29) is 5.41 Å². The van der Waals surface area contributed by atoms with Crippen LogP contribution in [0.25, 0.3) is 10.4 Å². The molecule has 1 aliphatic rings. The third-order valence-corrected chi connectivity index (χ3v) is 6.04. The molecule has 5 heteroatoms. The first-order valence-electron chi connectivity index (χ1n) is 8.23. The minimum atomic E-state index is -0.819. The molecule has 1 aliphatic carbocycles. The molecule has 0 bridgehead atoms. The largest absolute Gasteiger partial charge is 0.478 e. The van der Waals surface area contributed by atoms with Crippen LogP contribution >= 0.6 is 11.3 Å². The summed E-state index contributed by atoms with van der Waals surface area (Å²) in [7, 11) is 0. The zero-order valence-corrected chi connectivity index (χ0v) is 15.2. The maximum absolute atomic E-state index is 12.0. The van der Waals surface area contributed by atoms with Crippen LogP contribution in [0.1, 0.15) is 52.2 Å². The number of carbonyl (C=O) groups is 1. The average Bonchev–Trinajstić information content (AvgIpc) is 2.84. The molecule has 0 spiro atoms. The van der Waals surface area contributed by atoms with Gasteiger partial charge in [-0.1, -0.05) is 31.5 Å². The van der Waals surface area contributed by atoms with Crippen LogP contribution in [-0.4, -0.2) is 11.1 Å². The van der Waals surface area contributed by atoms with Crippen molar-refractivity contribution in [1.82, 2.24) is 5.43 Å². The van der Waals surface area contributed by atoms with Gasteiger partial charge in [-0.2, -0.15) is 0 Å². The number of aryl methyl sites for hydroxylation is 2. The summed E-state index contributed by atoms with van der Waals surface area (Å²) >= 11 is 1.65. The fraction of sp³-hybridized carbons (Fsp3) is 0.421. The second kappa shape index (κ2) is 6.31. The summed E-state index contributed by atoms with van der Waals surface area (Å²) in [5.41, 5.74) is 7.54. The minimum absolute atomic E-state index is 0.163. The Morgan fingerprint density at radius 3 is 2.79 bits per heavy atom. The number of carboxylic acid groups (broad SMARTS) is 1. The zero-order chi connectivity index (χ0) is 17.5. The Kier molecular flexibility index (Phi) is 4.51. The Morgan fingerprint density at radius 2 is 2.12 bits per heavy atom. The van der Waals surface area contributed by atoms with Crippen LogP contribution in [0.15, 0.2) is 18.2 Å². The van der Waals surface area contributed by atoms with Crippen molar-refractivity contribution in [2.75, 3.05) is 0 Å². The molecular weight excluding hydrogens is 320 g/mol. The van der Waals surface area contributed by atoms with E-state index in [9.17, 15) is 9.90 Å². The molecule has 0 unspecified atom stereocenters. The summed E-state index contributed by atoms with van der Waals surface area (Å²) in [6.45, 7) is 7.03. The molecular formula is C19H24N2O2S. The fourth-order valence-corrected chi connectivity index (χ4v) is 4.86. The monoisotopic (exact) mass is 344 g/mol. The smallest absolute Gasteiger partial charge is 0.337 e. The normalized spacial score (nSPS) is 16.0. The Hall–Kier alpha value is -1.69. The van der Waals surface area contributed by atoms with Crippen LogP contribution in [-0.2, 0) is 19.4 Å². The molecule has 4 nitrogen and oxygen atoms in total. The maximum Gasteiger partial charge on any atom is 0.337 e. The van der Waals surface area contributed by atoms with Gasteiger partial charge in [0.2, 0.25) is 0 Å². The second-order valence-electron chi connectivity index (χ2n) is 7.44. The van der Waals surface area contributed by atoms with Crippen molar-refractivity contribution < 1.29 is 9.90 Å². The number of hydrogen-bond donors (Lipinski definition) is 3. The van der Waals surface area contributed by atoms with Crippen LogP contribution in [0.3, 0.4) is 0 Å². The number of benzene rings is 1. The molecule has 128 valence electrons. The molecule has 0 saturated heterocycles. The van der Waals surface area contributed by atoms with E-state index in [2.05, 4.69) is 31.4 Å². The molecule has 0 radical (unpaired) electrons. The van der Waals surface area contributed by atoms with E-state index >= 15 is 0 Å². The molecule has 0 amide bonds. The van der Waals surface area contributed by atoms with E-state index in [1.165, 1.54) is 4.88 Å². The summed E-state index contributed by atoms with van der Waals surface area (Å²) in [4.78, 5) is 14.1. The molecule has 2 aromatic rings. The molecule has 0 aliphatic heterocycles. The lowest BCUT2D eigenvalue weighted by Crippen LogP contribution is -2.22. The van der Waals surface area contributed by atoms with E-state index in [4.69, 9.17) is 5.84 Å². The van der Waals surface area contributed by atoms with Crippen LogP contribution in [0.4, 0.5) is 0 Å². The number of aromatic carboxylic acids is 1. The topological polar surface area (TPSA) is 75.3 Å². The predicted octanol–water partition coefficient (Wildman–Crippen LogP) is 3.90. The molecule has 24 heavy (non-hydrogen) atoms. The van der Waals surface area contributed by atoms with Crippen LogP contribution < -0.4 is 11.3 Å². The highest BCUT2D eigenvalue weighted by molar-refractivity contribution is 7.16. The van der Waals surface area contributed by atoms with Gasteiger partial charge in [-0.25, -0.2) is 4.79 Å². The predicted molar refractivity (Wildman–Crippen MR) is 98.3 cm³/mol. The summed E-state index contributed by atoms with van der Waals surface area (Å²) in [6, 6.07) is 6.18. The Balaban J connectivity index is 2.16. The van der Waals surface area contributed by atoms with Gasteiger partial charge in [0.1, 0.15) is 0 Å². The van der Waals surface area contributed by atoms with Crippen molar-refractivity contribution in [3.8, 4) is 10.4 Å². The van der Waals surface area contributed by atoms with Crippen LogP contribution in [0.2, 0.25) is 0 Å². The highest BCUT2D eigenvalue weighted by Gasteiger charge is 2.33. The van der Waals surface area contributed by atoms with Gasteiger partial charge in [0, 0.05) is 16.3 Å². The highest BCUT2D eigenvalue weighted by atomic mass is 32.1. The number of nitrogens with two attached hydrogens (primary N) is 1. The molecule has 0 fully saturated rings. The Bertz CT molecular complexity index is 793. The molecule has 4 N–H and O–H groups in total. The summed E-state index contributed by atoms with van der Waals surface area (Å²) in [5, 5.41) is 9.86. The first-order chi connectivity index (χ1) is 11.3. The lowest BCUT2D eigenvalue weighted by molar-refractivity contribution is 0.0696. The molecule has 3 rings (SSSR count). The maximum atomic E-state index is 12.0. The van der Waals surface area contributed by atoms with Crippen LogP contribution in [0.5, 0.6) is 0 Å². The van der Waals surface area contributed by atoms with Gasteiger partial charge in [-0.15, -0.1) is 11.3 Å². The molecule has 0 saturated carbocycles.